The van der Waals surface area contributed by atoms with Crippen LogP contribution in [0.4, 0.5) is 0 Å². The van der Waals surface area contributed by atoms with Gasteiger partial charge in [-0.25, -0.2) is 19.4 Å². The van der Waals surface area contributed by atoms with Gasteiger partial charge in [0.2, 0.25) is 0 Å². The lowest BCUT2D eigenvalue weighted by Gasteiger charge is -2.09. The number of rotatable bonds is 3. The molecule has 0 N–H and O–H groups in total. The van der Waals surface area contributed by atoms with Gasteiger partial charge in [0, 0.05) is 6.20 Å². The van der Waals surface area contributed by atoms with Gasteiger partial charge in [0.1, 0.15) is 5.56 Å². The van der Waals surface area contributed by atoms with Crippen LogP contribution in [0.3, 0.4) is 0 Å². The first kappa shape index (κ1) is 13.6. The summed E-state index contributed by atoms with van der Waals surface area (Å²) in [5.74, 6) is -2.49. The second kappa shape index (κ2) is 5.76. The van der Waals surface area contributed by atoms with Gasteiger partial charge in [-0.2, -0.15) is 0 Å². The van der Waals surface area contributed by atoms with Crippen molar-refractivity contribution in [2.45, 2.75) is 0 Å². The van der Waals surface area contributed by atoms with E-state index in [9.17, 15) is 14.4 Å². The zero-order chi connectivity index (χ0) is 13.7. The topological polar surface area (TPSA) is 91.8 Å². The summed E-state index contributed by atoms with van der Waals surface area (Å²) in [6.07, 6.45) is 1.20. The van der Waals surface area contributed by atoms with E-state index in [0.717, 1.165) is 21.3 Å². The second-order valence-electron chi connectivity index (χ2n) is 3.06. The van der Waals surface area contributed by atoms with Gasteiger partial charge in [-0.15, -0.1) is 0 Å². The Morgan fingerprint density at radius 3 is 2.00 bits per heavy atom. The van der Waals surface area contributed by atoms with Crippen molar-refractivity contribution in [2.75, 3.05) is 21.3 Å². The summed E-state index contributed by atoms with van der Waals surface area (Å²) in [6, 6.07) is 1.25. The summed E-state index contributed by atoms with van der Waals surface area (Å²) in [7, 11) is 3.41. The standard InChI is InChI=1S/C11H11NO6/c1-16-9(13)6-4-5-12-8(11(15)18-3)7(6)10(14)17-2/h4-5H,1-3H3. The minimum Gasteiger partial charge on any atom is -0.465 e. The smallest absolute Gasteiger partial charge is 0.357 e. The number of esters is 3. The van der Waals surface area contributed by atoms with E-state index in [4.69, 9.17) is 0 Å². The molecule has 1 aromatic heterocycles. The highest BCUT2D eigenvalue weighted by Crippen LogP contribution is 2.16. The lowest BCUT2D eigenvalue weighted by atomic mass is 10.1. The maximum absolute atomic E-state index is 11.6. The van der Waals surface area contributed by atoms with Gasteiger partial charge in [0.25, 0.3) is 0 Å². The molecule has 18 heavy (non-hydrogen) atoms. The molecule has 0 saturated heterocycles. The molecule has 0 atom stereocenters. The number of aromatic nitrogens is 1. The van der Waals surface area contributed by atoms with E-state index >= 15 is 0 Å². The molecule has 1 rings (SSSR count). The third kappa shape index (κ3) is 2.45. The number of carbonyl (C=O) groups excluding carboxylic acids is 3. The molecule has 0 aliphatic carbocycles. The highest BCUT2D eigenvalue weighted by Gasteiger charge is 2.27. The minimum absolute atomic E-state index is 0.111. The summed E-state index contributed by atoms with van der Waals surface area (Å²) < 4.78 is 13.5. The summed E-state index contributed by atoms with van der Waals surface area (Å²) in [6.45, 7) is 0. The maximum Gasteiger partial charge on any atom is 0.357 e. The third-order valence-corrected chi connectivity index (χ3v) is 2.12. The average Bonchev–Trinajstić information content (AvgIpc) is 2.43. The Kier molecular flexibility index (Phi) is 4.36. The molecule has 1 aromatic rings. The molecule has 1 heterocycles. The first-order chi connectivity index (χ1) is 8.56. The van der Waals surface area contributed by atoms with Crippen LogP contribution in [0.1, 0.15) is 31.2 Å². The van der Waals surface area contributed by atoms with Gasteiger partial charge in [0.05, 0.1) is 26.9 Å². The number of ether oxygens (including phenoxy) is 3. The van der Waals surface area contributed by atoms with Gasteiger partial charge in [-0.1, -0.05) is 0 Å². The van der Waals surface area contributed by atoms with E-state index in [1.807, 2.05) is 0 Å². The lowest BCUT2D eigenvalue weighted by Crippen LogP contribution is -2.19. The average molecular weight is 253 g/mol. The molecular formula is C11H11NO6. The zero-order valence-corrected chi connectivity index (χ0v) is 10.1. The van der Waals surface area contributed by atoms with E-state index in [2.05, 4.69) is 19.2 Å². The molecule has 0 aliphatic heterocycles. The molecule has 7 heteroatoms. The fourth-order valence-electron chi connectivity index (χ4n) is 1.30. The molecule has 0 aliphatic rings. The maximum atomic E-state index is 11.6. The number of pyridine rings is 1. The molecule has 7 nitrogen and oxygen atoms in total. The van der Waals surface area contributed by atoms with Crippen LogP contribution in [-0.4, -0.2) is 44.2 Å². The lowest BCUT2D eigenvalue weighted by molar-refractivity contribution is 0.0531. The first-order valence-corrected chi connectivity index (χ1v) is 4.80. The van der Waals surface area contributed by atoms with Gasteiger partial charge in [0.15, 0.2) is 5.69 Å². The highest BCUT2D eigenvalue weighted by molar-refractivity contribution is 6.09. The predicted molar refractivity (Wildman–Crippen MR) is 58.3 cm³/mol. The quantitative estimate of drug-likeness (QED) is 0.570. The summed E-state index contributed by atoms with van der Waals surface area (Å²) in [4.78, 5) is 38.3. The highest BCUT2D eigenvalue weighted by atomic mass is 16.5. The molecule has 0 radical (unpaired) electrons. The molecule has 0 saturated carbocycles. The molecule has 0 fully saturated rings. The van der Waals surface area contributed by atoms with Gasteiger partial charge >= 0.3 is 17.9 Å². The first-order valence-electron chi connectivity index (χ1n) is 4.80. The van der Waals surface area contributed by atoms with Crippen molar-refractivity contribution in [3.63, 3.8) is 0 Å². The third-order valence-electron chi connectivity index (χ3n) is 2.12. The monoisotopic (exact) mass is 253 g/mol. The normalized spacial score (nSPS) is 9.50. The fourth-order valence-corrected chi connectivity index (χ4v) is 1.30. The van der Waals surface area contributed by atoms with Crippen molar-refractivity contribution < 1.29 is 28.6 Å². The van der Waals surface area contributed by atoms with Crippen LogP contribution in [0.15, 0.2) is 12.3 Å². The number of nitrogens with zero attached hydrogens (tertiary/aromatic N) is 1. The van der Waals surface area contributed by atoms with Crippen LogP contribution in [-0.2, 0) is 14.2 Å². The van der Waals surface area contributed by atoms with Crippen molar-refractivity contribution in [3.05, 3.63) is 29.1 Å². The van der Waals surface area contributed by atoms with E-state index in [-0.39, 0.29) is 16.8 Å². The molecule has 0 aromatic carbocycles. The Bertz CT molecular complexity index is 462. The zero-order valence-electron chi connectivity index (χ0n) is 10.1. The summed E-state index contributed by atoms with van der Waals surface area (Å²) in [5.41, 5.74) is -0.689. The molecule has 0 unspecified atom stereocenters. The number of hydrogen-bond acceptors (Lipinski definition) is 7. The molecule has 0 spiro atoms. The molecular weight excluding hydrogens is 242 g/mol. The largest absolute Gasteiger partial charge is 0.465 e. The van der Waals surface area contributed by atoms with Crippen LogP contribution < -0.4 is 0 Å². The number of hydrogen-bond donors (Lipinski definition) is 0. The van der Waals surface area contributed by atoms with Crippen molar-refractivity contribution in [3.8, 4) is 0 Å². The Labute approximate surface area is 103 Å². The van der Waals surface area contributed by atoms with Crippen LogP contribution >= 0.6 is 0 Å². The Morgan fingerprint density at radius 2 is 1.50 bits per heavy atom. The Balaban J connectivity index is 3.49. The minimum atomic E-state index is -0.871. The van der Waals surface area contributed by atoms with E-state index < -0.39 is 17.9 Å². The fraction of sp³-hybridized carbons (Fsp3) is 0.273. The van der Waals surface area contributed by atoms with Crippen LogP contribution in [0.5, 0.6) is 0 Å². The van der Waals surface area contributed by atoms with E-state index in [0.29, 0.717) is 0 Å². The van der Waals surface area contributed by atoms with E-state index in [1.54, 1.807) is 0 Å². The van der Waals surface area contributed by atoms with Crippen molar-refractivity contribution in [2.24, 2.45) is 0 Å². The summed E-state index contributed by atoms with van der Waals surface area (Å²) >= 11 is 0. The number of methoxy groups -OCH3 is 3. The second-order valence-corrected chi connectivity index (χ2v) is 3.06. The Hall–Kier alpha value is -2.44. The summed E-state index contributed by atoms with van der Waals surface area (Å²) in [5, 5.41) is 0. The van der Waals surface area contributed by atoms with Gasteiger partial charge < -0.3 is 14.2 Å². The molecule has 0 bridgehead atoms. The van der Waals surface area contributed by atoms with E-state index in [1.165, 1.54) is 12.3 Å². The van der Waals surface area contributed by atoms with Crippen molar-refractivity contribution in [1.82, 2.24) is 4.98 Å². The number of carbonyl (C=O) groups is 3. The van der Waals surface area contributed by atoms with Crippen LogP contribution in [0.2, 0.25) is 0 Å². The van der Waals surface area contributed by atoms with Crippen LogP contribution in [0.25, 0.3) is 0 Å². The SMILES string of the molecule is COC(=O)c1ccnc(C(=O)OC)c1C(=O)OC. The van der Waals surface area contributed by atoms with Crippen molar-refractivity contribution in [1.29, 1.82) is 0 Å². The van der Waals surface area contributed by atoms with Crippen molar-refractivity contribution >= 4 is 17.9 Å². The molecule has 0 amide bonds. The predicted octanol–water partition coefficient (Wildman–Crippen LogP) is 0.441. The molecule has 96 valence electrons. The van der Waals surface area contributed by atoms with Crippen LogP contribution in [0, 0.1) is 0 Å². The van der Waals surface area contributed by atoms with Gasteiger partial charge in [-0.3, -0.25) is 0 Å². The Morgan fingerprint density at radius 1 is 0.944 bits per heavy atom. The van der Waals surface area contributed by atoms with Gasteiger partial charge in [-0.05, 0) is 6.07 Å².